The largest absolute Gasteiger partial charge is 0.493 e. The van der Waals surface area contributed by atoms with Gasteiger partial charge >= 0.3 is 6.18 Å². The van der Waals surface area contributed by atoms with Gasteiger partial charge in [0.2, 0.25) is 0 Å². The lowest BCUT2D eigenvalue weighted by Crippen LogP contribution is -2.06. The zero-order valence-electron chi connectivity index (χ0n) is 14.8. The molecule has 0 radical (unpaired) electrons. The molecule has 0 saturated carbocycles. The lowest BCUT2D eigenvalue weighted by molar-refractivity contribution is -0.137. The number of alkyl halides is 4. The van der Waals surface area contributed by atoms with Crippen LogP contribution in [0.15, 0.2) is 36.4 Å². The zero-order chi connectivity index (χ0) is 20.1. The summed E-state index contributed by atoms with van der Waals surface area (Å²) in [6.45, 7) is 0.402. The Hall–Kier alpha value is -2.81. The Balaban J connectivity index is 1.96. The number of anilines is 2. The third-order valence-electron chi connectivity index (χ3n) is 3.82. The summed E-state index contributed by atoms with van der Waals surface area (Å²) in [5.74, 6) is 1.61. The van der Waals surface area contributed by atoms with Crippen molar-refractivity contribution in [3.05, 3.63) is 42.0 Å². The number of methoxy groups -OCH3 is 1. The number of fused-ring (bicyclic) bond motifs is 1. The first-order valence-electron chi connectivity index (χ1n) is 8.26. The van der Waals surface area contributed by atoms with Gasteiger partial charge in [-0.25, -0.2) is 0 Å². The van der Waals surface area contributed by atoms with Crippen molar-refractivity contribution >= 4 is 34.0 Å². The van der Waals surface area contributed by atoms with Crippen molar-refractivity contribution < 1.29 is 22.6 Å². The van der Waals surface area contributed by atoms with Gasteiger partial charge in [0, 0.05) is 17.6 Å². The molecular weight excluding hydrogens is 397 g/mol. The van der Waals surface area contributed by atoms with E-state index in [1.807, 2.05) is 0 Å². The van der Waals surface area contributed by atoms with Crippen LogP contribution in [0, 0.1) is 0 Å². The van der Waals surface area contributed by atoms with E-state index in [1.54, 1.807) is 12.1 Å². The fourth-order valence-electron chi connectivity index (χ4n) is 2.50. The van der Waals surface area contributed by atoms with E-state index in [0.717, 1.165) is 12.1 Å². The monoisotopic (exact) mass is 412 g/mol. The number of rotatable bonds is 7. The maximum atomic E-state index is 12.9. The number of hydrogen-bond acceptors (Lipinski definition) is 6. The number of ether oxygens (including phenoxy) is 2. The van der Waals surface area contributed by atoms with Crippen LogP contribution in [-0.2, 0) is 6.18 Å². The molecule has 0 bridgehead atoms. The average molecular weight is 413 g/mol. The van der Waals surface area contributed by atoms with Gasteiger partial charge in [-0.2, -0.15) is 13.2 Å². The fraction of sp³-hybridized carbons (Fsp3) is 0.278. The molecule has 2 aromatic carbocycles. The Morgan fingerprint density at radius 1 is 1.11 bits per heavy atom. The van der Waals surface area contributed by atoms with Crippen molar-refractivity contribution in [1.29, 1.82) is 0 Å². The summed E-state index contributed by atoms with van der Waals surface area (Å²) in [4.78, 5) is 0. The second-order valence-corrected chi connectivity index (χ2v) is 6.13. The SMILES string of the molecule is COc1cc2c(Nc3cccc(C(F)(F)F)c3)nnnc2cc1OCCCCl. The molecule has 0 unspecified atom stereocenters. The Bertz CT molecular complexity index is 969. The van der Waals surface area contributed by atoms with Gasteiger partial charge in [-0.05, 0) is 35.9 Å². The second-order valence-electron chi connectivity index (χ2n) is 5.75. The third-order valence-corrected chi connectivity index (χ3v) is 4.09. The number of nitrogens with one attached hydrogen (secondary N) is 1. The van der Waals surface area contributed by atoms with Crippen LogP contribution < -0.4 is 14.8 Å². The molecular formula is C18H16ClF3N4O2. The van der Waals surface area contributed by atoms with E-state index in [4.69, 9.17) is 21.1 Å². The molecule has 0 amide bonds. The second kappa shape index (κ2) is 8.47. The van der Waals surface area contributed by atoms with Crippen LogP contribution in [0.4, 0.5) is 24.7 Å². The number of hydrogen-bond donors (Lipinski definition) is 1. The molecule has 0 atom stereocenters. The highest BCUT2D eigenvalue weighted by Crippen LogP contribution is 2.35. The topological polar surface area (TPSA) is 69.2 Å². The van der Waals surface area contributed by atoms with Gasteiger partial charge in [0.1, 0.15) is 5.52 Å². The number of aromatic nitrogens is 3. The molecule has 0 spiro atoms. The number of halogens is 4. The van der Waals surface area contributed by atoms with Gasteiger partial charge in [0.25, 0.3) is 0 Å². The molecule has 148 valence electrons. The van der Waals surface area contributed by atoms with Crippen molar-refractivity contribution in [3.8, 4) is 11.5 Å². The Kier molecular flexibility index (Phi) is 6.03. The molecule has 0 fully saturated rings. The van der Waals surface area contributed by atoms with Crippen LogP contribution in [0.3, 0.4) is 0 Å². The lowest BCUT2D eigenvalue weighted by Gasteiger charge is -2.13. The summed E-state index contributed by atoms with van der Waals surface area (Å²) in [6, 6.07) is 8.08. The molecule has 1 N–H and O–H groups in total. The van der Waals surface area contributed by atoms with Crippen LogP contribution >= 0.6 is 11.6 Å². The van der Waals surface area contributed by atoms with Gasteiger partial charge in [-0.15, -0.1) is 21.8 Å². The highest BCUT2D eigenvalue weighted by atomic mass is 35.5. The summed E-state index contributed by atoms with van der Waals surface area (Å²) in [6.07, 6.45) is -3.78. The minimum atomic E-state index is -4.44. The van der Waals surface area contributed by atoms with E-state index in [-0.39, 0.29) is 11.5 Å². The van der Waals surface area contributed by atoms with E-state index in [2.05, 4.69) is 20.7 Å². The molecule has 0 aliphatic heterocycles. The molecule has 3 aromatic rings. The number of benzene rings is 2. The summed E-state index contributed by atoms with van der Waals surface area (Å²) in [5.41, 5.74) is -0.0967. The van der Waals surface area contributed by atoms with Crippen molar-refractivity contribution in [2.45, 2.75) is 12.6 Å². The van der Waals surface area contributed by atoms with Crippen LogP contribution in [0.5, 0.6) is 11.5 Å². The van der Waals surface area contributed by atoms with Crippen molar-refractivity contribution in [2.75, 3.05) is 24.9 Å². The van der Waals surface area contributed by atoms with Gasteiger partial charge < -0.3 is 14.8 Å². The predicted molar refractivity (Wildman–Crippen MR) is 99.4 cm³/mol. The molecule has 0 aliphatic carbocycles. The molecule has 0 aliphatic rings. The summed E-state index contributed by atoms with van der Waals surface area (Å²) in [5, 5.41) is 14.9. The maximum absolute atomic E-state index is 12.9. The first-order valence-corrected chi connectivity index (χ1v) is 8.80. The van der Waals surface area contributed by atoms with Gasteiger partial charge in [-0.1, -0.05) is 6.07 Å². The Labute approximate surface area is 163 Å². The highest BCUT2D eigenvalue weighted by Gasteiger charge is 2.30. The minimum Gasteiger partial charge on any atom is -0.493 e. The molecule has 1 aromatic heterocycles. The summed E-state index contributed by atoms with van der Waals surface area (Å²) >= 11 is 5.65. The highest BCUT2D eigenvalue weighted by molar-refractivity contribution is 6.17. The molecule has 10 heteroatoms. The van der Waals surface area contributed by atoms with Crippen LogP contribution in [0.25, 0.3) is 10.9 Å². The quantitative estimate of drug-likeness (QED) is 0.444. The molecule has 1 heterocycles. The molecule has 0 saturated heterocycles. The fourth-order valence-corrected chi connectivity index (χ4v) is 2.61. The van der Waals surface area contributed by atoms with Gasteiger partial charge in [0.05, 0.1) is 24.7 Å². The first kappa shape index (κ1) is 19.9. The lowest BCUT2D eigenvalue weighted by atomic mass is 10.1. The van der Waals surface area contributed by atoms with Crippen molar-refractivity contribution in [2.24, 2.45) is 0 Å². The molecule has 6 nitrogen and oxygen atoms in total. The van der Waals surface area contributed by atoms with E-state index in [1.165, 1.54) is 19.2 Å². The zero-order valence-corrected chi connectivity index (χ0v) is 15.5. The summed E-state index contributed by atoms with van der Waals surface area (Å²) in [7, 11) is 1.48. The van der Waals surface area contributed by atoms with Gasteiger partial charge in [0.15, 0.2) is 17.3 Å². The standard InChI is InChI=1S/C18H16ClF3N4O2/c1-27-15-9-13-14(10-16(15)28-7-3-6-19)24-26-25-17(13)23-12-5-2-4-11(8-12)18(20,21)22/h2,4-5,8-10H,3,6-7H2,1H3,(H,23,24,25). The van der Waals surface area contributed by atoms with Crippen LogP contribution in [0.1, 0.15) is 12.0 Å². The predicted octanol–water partition coefficient (Wildman–Crippen LogP) is 4.80. The van der Waals surface area contributed by atoms with Crippen LogP contribution in [0.2, 0.25) is 0 Å². The normalized spacial score (nSPS) is 11.5. The maximum Gasteiger partial charge on any atom is 0.416 e. The van der Waals surface area contributed by atoms with Gasteiger partial charge in [-0.3, -0.25) is 0 Å². The minimum absolute atomic E-state index is 0.220. The first-order chi connectivity index (χ1) is 13.4. The van der Waals surface area contributed by atoms with E-state index >= 15 is 0 Å². The molecule has 3 rings (SSSR count). The van der Waals surface area contributed by atoms with Crippen molar-refractivity contribution in [3.63, 3.8) is 0 Å². The Morgan fingerprint density at radius 2 is 1.93 bits per heavy atom. The van der Waals surface area contributed by atoms with Crippen LogP contribution in [-0.4, -0.2) is 35.0 Å². The van der Waals surface area contributed by atoms with Crippen molar-refractivity contribution in [1.82, 2.24) is 15.4 Å². The third kappa shape index (κ3) is 4.53. The smallest absolute Gasteiger partial charge is 0.416 e. The van der Waals surface area contributed by atoms with E-state index < -0.39 is 11.7 Å². The molecule has 28 heavy (non-hydrogen) atoms. The number of nitrogens with zero attached hydrogens (tertiary/aromatic N) is 3. The van der Waals surface area contributed by atoms with E-state index in [0.29, 0.717) is 41.3 Å². The van der Waals surface area contributed by atoms with E-state index in [9.17, 15) is 13.2 Å². The Morgan fingerprint density at radius 3 is 2.64 bits per heavy atom. The average Bonchev–Trinajstić information content (AvgIpc) is 2.67. The summed E-state index contributed by atoms with van der Waals surface area (Å²) < 4.78 is 49.8.